The van der Waals surface area contributed by atoms with Gasteiger partial charge >= 0.3 is 6.18 Å². The Morgan fingerprint density at radius 3 is 2.11 bits per heavy atom. The molecule has 0 fully saturated rings. The lowest BCUT2D eigenvalue weighted by atomic mass is 10.0. The first-order valence-corrected chi connectivity index (χ1v) is 5.48. The molecule has 1 rings (SSSR count). The highest BCUT2D eigenvalue weighted by atomic mass is 19.4. The average molecular weight is 269 g/mol. The summed E-state index contributed by atoms with van der Waals surface area (Å²) in [4.78, 5) is 22.5. The Morgan fingerprint density at radius 1 is 1.11 bits per heavy atom. The Bertz CT molecular complexity index is 512. The van der Waals surface area contributed by atoms with Gasteiger partial charge in [0.15, 0.2) is 5.78 Å². The maximum absolute atomic E-state index is 12.2. The highest BCUT2D eigenvalue weighted by molar-refractivity contribution is 6.02. The van der Waals surface area contributed by atoms with Gasteiger partial charge in [-0.15, -0.1) is 0 Å². The van der Waals surface area contributed by atoms with Crippen LogP contribution in [0.4, 0.5) is 13.2 Å². The van der Waals surface area contributed by atoms with Crippen molar-refractivity contribution < 1.29 is 22.8 Å². The predicted molar refractivity (Wildman–Crippen MR) is 60.6 cm³/mol. The number of carbonyl (C=O) groups is 2. The maximum atomic E-state index is 12.2. The second kappa shape index (κ2) is 6.14. The summed E-state index contributed by atoms with van der Waals surface area (Å²) >= 11 is 0. The van der Waals surface area contributed by atoms with Gasteiger partial charge in [-0.2, -0.15) is 18.4 Å². The zero-order chi connectivity index (χ0) is 14.5. The first-order chi connectivity index (χ1) is 8.86. The Kier molecular flexibility index (Phi) is 4.81. The standard InChI is InChI=1S/C13H10F3NO2/c14-13(15,16)12(19)10-6-4-9(5-7-10)11(18)3-1-2-8-17/h4-7H,1-3H2. The molecule has 0 aliphatic rings. The van der Waals surface area contributed by atoms with Crippen LogP contribution in [0.2, 0.25) is 0 Å². The molecule has 0 radical (unpaired) electrons. The number of benzene rings is 1. The number of halogens is 3. The monoisotopic (exact) mass is 269 g/mol. The highest BCUT2D eigenvalue weighted by Crippen LogP contribution is 2.21. The summed E-state index contributed by atoms with van der Waals surface area (Å²) < 4.78 is 36.5. The Morgan fingerprint density at radius 2 is 1.63 bits per heavy atom. The average Bonchev–Trinajstić information content (AvgIpc) is 2.37. The predicted octanol–water partition coefficient (Wildman–Crippen LogP) is 3.31. The molecule has 0 unspecified atom stereocenters. The molecule has 6 heteroatoms. The molecule has 100 valence electrons. The van der Waals surface area contributed by atoms with E-state index in [1.165, 1.54) is 12.1 Å². The summed E-state index contributed by atoms with van der Waals surface area (Å²) in [6, 6.07) is 6.23. The molecule has 1 aromatic rings. The Labute approximate surface area is 107 Å². The molecule has 3 nitrogen and oxygen atoms in total. The molecule has 1 aromatic carbocycles. The number of alkyl halides is 3. The third kappa shape index (κ3) is 4.21. The van der Waals surface area contributed by atoms with E-state index < -0.39 is 17.5 Å². The molecule has 19 heavy (non-hydrogen) atoms. The molecule has 0 N–H and O–H groups in total. The van der Waals surface area contributed by atoms with E-state index in [2.05, 4.69) is 0 Å². The van der Waals surface area contributed by atoms with Crippen LogP contribution in [0.3, 0.4) is 0 Å². The molecule has 0 saturated heterocycles. The summed E-state index contributed by atoms with van der Waals surface area (Å²) in [6.45, 7) is 0. The quantitative estimate of drug-likeness (QED) is 0.608. The number of nitrogens with zero attached hydrogens (tertiary/aromatic N) is 1. The van der Waals surface area contributed by atoms with Crippen LogP contribution in [0, 0.1) is 11.3 Å². The summed E-state index contributed by atoms with van der Waals surface area (Å²) in [6.07, 6.45) is -4.12. The maximum Gasteiger partial charge on any atom is 0.454 e. The lowest BCUT2D eigenvalue weighted by Crippen LogP contribution is -2.22. The van der Waals surface area contributed by atoms with E-state index in [0.29, 0.717) is 6.42 Å². The van der Waals surface area contributed by atoms with Gasteiger partial charge < -0.3 is 0 Å². The third-order valence-corrected chi connectivity index (χ3v) is 2.42. The molecule has 0 amide bonds. The van der Waals surface area contributed by atoms with Crippen LogP contribution in [-0.2, 0) is 0 Å². The number of Topliss-reactive ketones (excluding diaryl/α,β-unsaturated/α-hetero) is 2. The van der Waals surface area contributed by atoms with Gasteiger partial charge in [-0.3, -0.25) is 9.59 Å². The zero-order valence-electron chi connectivity index (χ0n) is 9.83. The number of rotatable bonds is 5. The minimum Gasteiger partial charge on any atom is -0.294 e. The van der Waals surface area contributed by atoms with Crippen LogP contribution in [-0.4, -0.2) is 17.7 Å². The number of hydrogen-bond acceptors (Lipinski definition) is 3. The van der Waals surface area contributed by atoms with Crippen molar-refractivity contribution in [1.29, 1.82) is 5.26 Å². The van der Waals surface area contributed by atoms with E-state index in [4.69, 9.17) is 5.26 Å². The van der Waals surface area contributed by atoms with Crippen molar-refractivity contribution in [2.45, 2.75) is 25.4 Å². The molecule has 0 atom stereocenters. The van der Waals surface area contributed by atoms with Gasteiger partial charge in [-0.05, 0) is 6.42 Å². The van der Waals surface area contributed by atoms with Crippen molar-refractivity contribution in [3.63, 3.8) is 0 Å². The molecule has 0 saturated carbocycles. The third-order valence-electron chi connectivity index (χ3n) is 2.42. The van der Waals surface area contributed by atoms with Crippen LogP contribution in [0.1, 0.15) is 40.0 Å². The van der Waals surface area contributed by atoms with Gasteiger partial charge in [-0.1, -0.05) is 24.3 Å². The normalized spacial score (nSPS) is 10.8. The zero-order valence-corrected chi connectivity index (χ0v) is 9.83. The summed E-state index contributed by atoms with van der Waals surface area (Å²) in [5.74, 6) is -2.20. The SMILES string of the molecule is N#CCCCC(=O)c1ccc(C(=O)C(F)(F)F)cc1. The number of ketones is 2. The van der Waals surface area contributed by atoms with Gasteiger partial charge in [0.25, 0.3) is 5.78 Å². The fourth-order valence-corrected chi connectivity index (χ4v) is 1.44. The highest BCUT2D eigenvalue weighted by Gasteiger charge is 2.39. The fraction of sp³-hybridized carbons (Fsp3) is 0.308. The van der Waals surface area contributed by atoms with Crippen LogP contribution >= 0.6 is 0 Å². The van der Waals surface area contributed by atoms with Gasteiger partial charge in [-0.25, -0.2) is 0 Å². The minimum absolute atomic E-state index is 0.153. The lowest BCUT2D eigenvalue weighted by Gasteiger charge is -2.05. The van der Waals surface area contributed by atoms with E-state index in [1.807, 2.05) is 6.07 Å². The van der Waals surface area contributed by atoms with E-state index >= 15 is 0 Å². The molecule has 0 aliphatic heterocycles. The summed E-state index contributed by atoms with van der Waals surface area (Å²) in [5.41, 5.74) is -0.266. The molecular weight excluding hydrogens is 259 g/mol. The van der Waals surface area contributed by atoms with Crippen LogP contribution in [0.15, 0.2) is 24.3 Å². The van der Waals surface area contributed by atoms with Crippen molar-refractivity contribution in [2.24, 2.45) is 0 Å². The molecule has 0 heterocycles. The van der Waals surface area contributed by atoms with E-state index in [1.54, 1.807) is 0 Å². The number of carbonyl (C=O) groups excluding carboxylic acids is 2. The lowest BCUT2D eigenvalue weighted by molar-refractivity contribution is -0.0885. The fourth-order valence-electron chi connectivity index (χ4n) is 1.44. The van der Waals surface area contributed by atoms with Crippen LogP contribution in [0.5, 0.6) is 0 Å². The van der Waals surface area contributed by atoms with E-state index in [-0.39, 0.29) is 24.2 Å². The smallest absolute Gasteiger partial charge is 0.294 e. The summed E-state index contributed by atoms with van der Waals surface area (Å²) in [5, 5.41) is 8.32. The first-order valence-electron chi connectivity index (χ1n) is 5.48. The molecular formula is C13H10F3NO2. The summed E-state index contributed by atoms with van der Waals surface area (Å²) in [7, 11) is 0. The minimum atomic E-state index is -4.92. The second-order valence-electron chi connectivity index (χ2n) is 3.84. The molecule has 0 spiro atoms. The van der Waals surface area contributed by atoms with Crippen molar-refractivity contribution in [2.75, 3.05) is 0 Å². The van der Waals surface area contributed by atoms with Gasteiger partial charge in [0.1, 0.15) is 0 Å². The van der Waals surface area contributed by atoms with Crippen molar-refractivity contribution in [1.82, 2.24) is 0 Å². The largest absolute Gasteiger partial charge is 0.454 e. The number of hydrogen-bond donors (Lipinski definition) is 0. The first kappa shape index (κ1) is 14.9. The van der Waals surface area contributed by atoms with Crippen molar-refractivity contribution in [3.05, 3.63) is 35.4 Å². The Hall–Kier alpha value is -2.16. The number of nitriles is 1. The molecule has 0 aliphatic carbocycles. The van der Waals surface area contributed by atoms with Crippen molar-refractivity contribution >= 4 is 11.6 Å². The van der Waals surface area contributed by atoms with Gasteiger partial charge in [0.05, 0.1) is 6.07 Å². The van der Waals surface area contributed by atoms with Crippen LogP contribution < -0.4 is 0 Å². The van der Waals surface area contributed by atoms with E-state index in [0.717, 1.165) is 12.1 Å². The van der Waals surface area contributed by atoms with Crippen molar-refractivity contribution in [3.8, 4) is 6.07 Å². The number of unbranched alkanes of at least 4 members (excludes halogenated alkanes) is 1. The van der Waals surface area contributed by atoms with Crippen LogP contribution in [0.25, 0.3) is 0 Å². The van der Waals surface area contributed by atoms with Gasteiger partial charge in [0, 0.05) is 24.0 Å². The Balaban J connectivity index is 2.75. The topological polar surface area (TPSA) is 57.9 Å². The van der Waals surface area contributed by atoms with Gasteiger partial charge in [0.2, 0.25) is 0 Å². The molecule has 0 bridgehead atoms. The molecule has 0 aromatic heterocycles. The second-order valence-corrected chi connectivity index (χ2v) is 3.84. The van der Waals surface area contributed by atoms with E-state index in [9.17, 15) is 22.8 Å².